The Balaban J connectivity index is 2.09. The van der Waals surface area contributed by atoms with Gasteiger partial charge in [0.2, 0.25) is 0 Å². The van der Waals surface area contributed by atoms with Gasteiger partial charge >= 0.3 is 5.97 Å². The molecule has 0 radical (unpaired) electrons. The standard InChI is InChI=1S/C24H26BrClN2O4S/c1-7-33-23-12(2)20(29)16-11-14(25)10-15(21(16)31-23)13(3)27-17-8-9-18(26)28-19(17)22(30)32-24(4,5)6/h8-11,13,27H,7H2,1-6H3/t13-/m1/s1. The Bertz CT molecular complexity index is 1270. The smallest absolute Gasteiger partial charge is 0.359 e. The van der Waals surface area contributed by atoms with Crippen LogP contribution < -0.4 is 10.7 Å². The number of anilines is 1. The maximum atomic E-state index is 13.0. The van der Waals surface area contributed by atoms with Crippen molar-refractivity contribution in [2.75, 3.05) is 11.1 Å². The summed E-state index contributed by atoms with van der Waals surface area (Å²) in [6, 6.07) is 6.61. The lowest BCUT2D eigenvalue weighted by molar-refractivity contribution is 0.00640. The Morgan fingerprint density at radius 2 is 2.03 bits per heavy atom. The zero-order valence-electron chi connectivity index (χ0n) is 19.3. The van der Waals surface area contributed by atoms with Gasteiger partial charge in [0.1, 0.15) is 16.3 Å². The second kappa shape index (κ2) is 10.1. The number of esters is 1. The highest BCUT2D eigenvalue weighted by Gasteiger charge is 2.24. The minimum atomic E-state index is -0.681. The van der Waals surface area contributed by atoms with Gasteiger partial charge in [-0.05, 0) is 64.6 Å². The maximum absolute atomic E-state index is 13.0. The van der Waals surface area contributed by atoms with E-state index in [1.807, 2.05) is 19.9 Å². The topological polar surface area (TPSA) is 81.4 Å². The Morgan fingerprint density at radius 1 is 1.33 bits per heavy atom. The molecule has 2 aromatic heterocycles. The molecule has 9 heteroatoms. The lowest BCUT2D eigenvalue weighted by Gasteiger charge is -2.22. The zero-order chi connectivity index (χ0) is 24.5. The quantitative estimate of drug-likeness (QED) is 0.197. The molecule has 0 spiro atoms. The Kier molecular flexibility index (Phi) is 7.81. The number of benzene rings is 1. The van der Waals surface area contributed by atoms with Crippen LogP contribution in [-0.2, 0) is 4.74 Å². The molecule has 0 amide bonds. The number of aromatic nitrogens is 1. The lowest BCUT2D eigenvalue weighted by atomic mass is 10.0. The Morgan fingerprint density at radius 3 is 2.67 bits per heavy atom. The van der Waals surface area contributed by atoms with Crippen LogP contribution >= 0.6 is 39.3 Å². The van der Waals surface area contributed by atoms with Crippen LogP contribution in [0.4, 0.5) is 5.69 Å². The molecular formula is C24H26BrClN2O4S. The van der Waals surface area contributed by atoms with E-state index in [-0.39, 0.29) is 22.3 Å². The van der Waals surface area contributed by atoms with Crippen LogP contribution in [0.15, 0.2) is 43.0 Å². The van der Waals surface area contributed by atoms with E-state index in [4.69, 9.17) is 20.8 Å². The van der Waals surface area contributed by atoms with Crippen LogP contribution in [-0.4, -0.2) is 22.3 Å². The molecule has 2 heterocycles. The first-order valence-corrected chi connectivity index (χ1v) is 12.6. The Labute approximate surface area is 210 Å². The number of ether oxygens (including phenoxy) is 1. The average Bonchev–Trinajstić information content (AvgIpc) is 2.72. The fourth-order valence-electron chi connectivity index (χ4n) is 3.30. The van der Waals surface area contributed by atoms with Gasteiger partial charge in [0, 0.05) is 15.6 Å². The molecule has 0 unspecified atom stereocenters. The predicted octanol–water partition coefficient (Wildman–Crippen LogP) is 7.15. The van der Waals surface area contributed by atoms with Crippen LogP contribution in [0.1, 0.15) is 62.3 Å². The Hall–Kier alpha value is -2.03. The van der Waals surface area contributed by atoms with E-state index in [0.717, 1.165) is 15.8 Å². The number of nitrogens with one attached hydrogen (secondary N) is 1. The summed E-state index contributed by atoms with van der Waals surface area (Å²) in [5.41, 5.74) is 1.66. The van der Waals surface area contributed by atoms with Gasteiger partial charge in [0.25, 0.3) is 0 Å². The van der Waals surface area contributed by atoms with Crippen LogP contribution in [0.25, 0.3) is 11.0 Å². The minimum absolute atomic E-state index is 0.0652. The molecule has 0 bridgehead atoms. The van der Waals surface area contributed by atoms with Crippen LogP contribution in [0, 0.1) is 6.92 Å². The number of carbonyl (C=O) groups is 1. The highest BCUT2D eigenvalue weighted by Crippen LogP contribution is 2.33. The first-order valence-electron chi connectivity index (χ1n) is 10.5. The summed E-state index contributed by atoms with van der Waals surface area (Å²) in [5, 5.41) is 4.60. The molecular weight excluding hydrogens is 528 g/mol. The van der Waals surface area contributed by atoms with Crippen molar-refractivity contribution in [2.24, 2.45) is 0 Å². The van der Waals surface area contributed by atoms with E-state index in [0.29, 0.717) is 27.3 Å². The number of pyridine rings is 1. The molecule has 33 heavy (non-hydrogen) atoms. The van der Waals surface area contributed by atoms with Crippen molar-refractivity contribution >= 4 is 61.9 Å². The molecule has 0 fully saturated rings. The number of hydrogen-bond donors (Lipinski definition) is 1. The summed E-state index contributed by atoms with van der Waals surface area (Å²) in [6.45, 7) is 11.1. The third-order valence-electron chi connectivity index (χ3n) is 4.74. The number of halogens is 2. The molecule has 0 saturated heterocycles. The summed E-state index contributed by atoms with van der Waals surface area (Å²) >= 11 is 11.1. The predicted molar refractivity (Wildman–Crippen MR) is 138 cm³/mol. The highest BCUT2D eigenvalue weighted by atomic mass is 79.9. The first kappa shape index (κ1) is 25.6. The highest BCUT2D eigenvalue weighted by molar-refractivity contribution is 9.10. The summed E-state index contributed by atoms with van der Waals surface area (Å²) in [6.07, 6.45) is 0. The average molecular weight is 554 g/mol. The summed E-state index contributed by atoms with van der Waals surface area (Å²) in [4.78, 5) is 30.0. The van der Waals surface area contributed by atoms with Gasteiger partial charge in [-0.15, -0.1) is 0 Å². The van der Waals surface area contributed by atoms with Gasteiger partial charge in [-0.25, -0.2) is 9.78 Å². The first-order chi connectivity index (χ1) is 15.4. The van der Waals surface area contributed by atoms with Gasteiger partial charge in [0.05, 0.1) is 17.1 Å². The van der Waals surface area contributed by atoms with E-state index >= 15 is 0 Å². The number of thioether (sulfide) groups is 1. The van der Waals surface area contributed by atoms with Crippen molar-refractivity contribution in [1.82, 2.24) is 4.98 Å². The van der Waals surface area contributed by atoms with Crippen molar-refractivity contribution in [3.63, 3.8) is 0 Å². The summed E-state index contributed by atoms with van der Waals surface area (Å²) < 4.78 is 12.4. The van der Waals surface area contributed by atoms with Gasteiger partial charge in [-0.2, -0.15) is 0 Å². The summed E-state index contributed by atoms with van der Waals surface area (Å²) in [7, 11) is 0. The summed E-state index contributed by atoms with van der Waals surface area (Å²) in [5.74, 6) is 0.201. The van der Waals surface area contributed by atoms with Crippen LogP contribution in [0.5, 0.6) is 0 Å². The fourth-order valence-corrected chi connectivity index (χ4v) is 4.63. The van der Waals surface area contributed by atoms with Crippen molar-refractivity contribution in [2.45, 2.75) is 58.3 Å². The molecule has 1 N–H and O–H groups in total. The molecule has 1 atom stereocenters. The minimum Gasteiger partial charge on any atom is -0.455 e. The van der Waals surface area contributed by atoms with E-state index in [1.165, 1.54) is 11.8 Å². The normalized spacial score (nSPS) is 12.6. The van der Waals surface area contributed by atoms with Gasteiger partial charge < -0.3 is 14.5 Å². The molecule has 0 aliphatic rings. The number of nitrogens with zero attached hydrogens (tertiary/aromatic N) is 1. The molecule has 0 saturated carbocycles. The number of carbonyl (C=O) groups excluding carboxylic acids is 1. The van der Waals surface area contributed by atoms with Gasteiger partial charge in [-0.1, -0.05) is 46.2 Å². The van der Waals surface area contributed by atoms with E-state index in [9.17, 15) is 9.59 Å². The van der Waals surface area contributed by atoms with E-state index in [2.05, 4.69) is 26.2 Å². The maximum Gasteiger partial charge on any atom is 0.359 e. The molecule has 0 aliphatic heterocycles. The van der Waals surface area contributed by atoms with E-state index in [1.54, 1.807) is 45.9 Å². The van der Waals surface area contributed by atoms with Crippen molar-refractivity contribution < 1.29 is 13.9 Å². The molecule has 3 aromatic rings. The number of hydrogen-bond acceptors (Lipinski definition) is 7. The zero-order valence-corrected chi connectivity index (χ0v) is 22.5. The van der Waals surface area contributed by atoms with Crippen LogP contribution in [0.3, 0.4) is 0 Å². The SMILES string of the molecule is CCSc1oc2c([C@@H](C)Nc3ccc(Cl)nc3C(=O)OC(C)(C)C)cc(Br)cc2c(=O)c1C. The van der Waals surface area contributed by atoms with Crippen molar-refractivity contribution in [1.29, 1.82) is 0 Å². The fraction of sp³-hybridized carbons (Fsp3) is 0.375. The van der Waals surface area contributed by atoms with Crippen molar-refractivity contribution in [3.05, 3.63) is 60.9 Å². The lowest BCUT2D eigenvalue weighted by Crippen LogP contribution is -2.25. The second-order valence-corrected chi connectivity index (χ2v) is 11.1. The molecule has 0 aliphatic carbocycles. The molecule has 3 rings (SSSR count). The van der Waals surface area contributed by atoms with E-state index < -0.39 is 11.6 Å². The number of rotatable bonds is 6. The van der Waals surface area contributed by atoms with Crippen molar-refractivity contribution in [3.8, 4) is 0 Å². The van der Waals surface area contributed by atoms with Gasteiger partial charge in [0.15, 0.2) is 16.2 Å². The van der Waals surface area contributed by atoms with Gasteiger partial charge in [-0.3, -0.25) is 4.79 Å². The largest absolute Gasteiger partial charge is 0.455 e. The third-order valence-corrected chi connectivity index (χ3v) is 6.34. The molecule has 6 nitrogen and oxygen atoms in total. The molecule has 1 aromatic carbocycles. The monoisotopic (exact) mass is 552 g/mol. The third kappa shape index (κ3) is 5.91. The molecule has 176 valence electrons. The van der Waals surface area contributed by atoms with Crippen LogP contribution in [0.2, 0.25) is 5.15 Å². The second-order valence-electron chi connectivity index (χ2n) is 8.55. The number of fused-ring (bicyclic) bond motifs is 1.